The Bertz CT molecular complexity index is 721. The molecule has 0 unspecified atom stereocenters. The first-order chi connectivity index (χ1) is 12.7. The number of fused-ring (bicyclic) bond motifs is 1. The van der Waals surface area contributed by atoms with E-state index in [-0.39, 0.29) is 12.7 Å². The number of nitrogens with two attached hydrogens (primary N) is 1. The molecule has 1 aliphatic heterocycles. The Kier molecular flexibility index (Phi) is 6.33. The van der Waals surface area contributed by atoms with E-state index in [1.807, 2.05) is 36.4 Å². The SMILES string of the molecule is NC(=O)CCN(CCCOc1ccc2c(c1)OCO2)Cc1ccccc1. The standard InChI is InChI=1S/C20H24N2O4/c21-20(23)9-11-22(14-16-5-2-1-3-6-16)10-4-12-24-17-7-8-18-19(13-17)26-15-25-18/h1-3,5-8,13H,4,9-12,14-15H2,(H2,21,23). The molecule has 0 atom stereocenters. The molecule has 3 rings (SSSR count). The Hall–Kier alpha value is -2.73. The molecule has 0 aliphatic carbocycles. The van der Waals surface area contributed by atoms with E-state index in [4.69, 9.17) is 19.9 Å². The van der Waals surface area contributed by atoms with E-state index in [0.717, 1.165) is 36.8 Å². The van der Waals surface area contributed by atoms with Crippen LogP contribution in [0.25, 0.3) is 0 Å². The largest absolute Gasteiger partial charge is 0.493 e. The van der Waals surface area contributed by atoms with Gasteiger partial charge in [0.15, 0.2) is 11.5 Å². The minimum Gasteiger partial charge on any atom is -0.493 e. The Morgan fingerprint density at radius 2 is 1.88 bits per heavy atom. The highest BCUT2D eigenvalue weighted by atomic mass is 16.7. The van der Waals surface area contributed by atoms with Gasteiger partial charge in [0, 0.05) is 32.1 Å². The van der Waals surface area contributed by atoms with Crippen LogP contribution >= 0.6 is 0 Å². The number of carbonyl (C=O) groups excluding carboxylic acids is 1. The summed E-state index contributed by atoms with van der Waals surface area (Å²) in [6.07, 6.45) is 1.20. The molecular weight excluding hydrogens is 332 g/mol. The second-order valence-electron chi connectivity index (χ2n) is 6.20. The van der Waals surface area contributed by atoms with Crippen molar-refractivity contribution < 1.29 is 19.0 Å². The van der Waals surface area contributed by atoms with Crippen molar-refractivity contribution in [3.05, 3.63) is 54.1 Å². The molecule has 0 spiro atoms. The Morgan fingerprint density at radius 3 is 2.69 bits per heavy atom. The number of ether oxygens (including phenoxy) is 3. The molecule has 0 saturated heterocycles. The topological polar surface area (TPSA) is 74.0 Å². The predicted octanol–water partition coefficient (Wildman–Crippen LogP) is 2.56. The van der Waals surface area contributed by atoms with Gasteiger partial charge in [0.1, 0.15) is 5.75 Å². The molecule has 0 saturated carbocycles. The lowest BCUT2D eigenvalue weighted by Crippen LogP contribution is -2.29. The van der Waals surface area contributed by atoms with Crippen LogP contribution in [0.5, 0.6) is 17.2 Å². The average molecular weight is 356 g/mol. The maximum absolute atomic E-state index is 11.1. The number of carbonyl (C=O) groups is 1. The number of benzene rings is 2. The summed E-state index contributed by atoms with van der Waals surface area (Å²) < 4.78 is 16.4. The summed E-state index contributed by atoms with van der Waals surface area (Å²) in [5, 5.41) is 0. The first-order valence-corrected chi connectivity index (χ1v) is 8.78. The highest BCUT2D eigenvalue weighted by Crippen LogP contribution is 2.35. The van der Waals surface area contributed by atoms with Crippen molar-refractivity contribution in [2.24, 2.45) is 5.73 Å². The van der Waals surface area contributed by atoms with Crippen molar-refractivity contribution in [1.82, 2.24) is 4.90 Å². The third-order valence-corrected chi connectivity index (χ3v) is 4.15. The van der Waals surface area contributed by atoms with Crippen LogP contribution in [0.4, 0.5) is 0 Å². The fraction of sp³-hybridized carbons (Fsp3) is 0.350. The molecule has 0 radical (unpaired) electrons. The van der Waals surface area contributed by atoms with Crippen LogP contribution in [0.2, 0.25) is 0 Å². The molecule has 0 aromatic heterocycles. The van der Waals surface area contributed by atoms with Gasteiger partial charge in [-0.25, -0.2) is 0 Å². The maximum atomic E-state index is 11.1. The van der Waals surface area contributed by atoms with Crippen LogP contribution in [-0.2, 0) is 11.3 Å². The molecule has 1 aliphatic rings. The average Bonchev–Trinajstić information content (AvgIpc) is 3.11. The summed E-state index contributed by atoms with van der Waals surface area (Å²) in [4.78, 5) is 13.3. The second-order valence-corrected chi connectivity index (χ2v) is 6.20. The van der Waals surface area contributed by atoms with E-state index in [0.29, 0.717) is 19.6 Å². The fourth-order valence-electron chi connectivity index (χ4n) is 2.82. The first-order valence-electron chi connectivity index (χ1n) is 8.78. The zero-order chi connectivity index (χ0) is 18.2. The summed E-state index contributed by atoms with van der Waals surface area (Å²) in [6.45, 7) is 3.10. The van der Waals surface area contributed by atoms with Crippen molar-refractivity contribution >= 4 is 5.91 Å². The minimum absolute atomic E-state index is 0.257. The van der Waals surface area contributed by atoms with Crippen molar-refractivity contribution in [2.75, 3.05) is 26.5 Å². The van der Waals surface area contributed by atoms with Crippen molar-refractivity contribution in [1.29, 1.82) is 0 Å². The minimum atomic E-state index is -0.278. The monoisotopic (exact) mass is 356 g/mol. The van der Waals surface area contributed by atoms with Gasteiger partial charge in [-0.15, -0.1) is 0 Å². The van der Waals surface area contributed by atoms with Gasteiger partial charge in [-0.2, -0.15) is 0 Å². The van der Waals surface area contributed by atoms with Crippen LogP contribution in [0.3, 0.4) is 0 Å². The zero-order valence-electron chi connectivity index (χ0n) is 14.7. The summed E-state index contributed by atoms with van der Waals surface area (Å²) in [7, 11) is 0. The quantitative estimate of drug-likeness (QED) is 0.662. The molecule has 2 N–H and O–H groups in total. The molecule has 6 heteroatoms. The zero-order valence-corrected chi connectivity index (χ0v) is 14.7. The lowest BCUT2D eigenvalue weighted by atomic mass is 10.2. The second kappa shape index (κ2) is 9.10. The molecule has 138 valence electrons. The van der Waals surface area contributed by atoms with E-state index in [1.165, 1.54) is 5.56 Å². The van der Waals surface area contributed by atoms with Gasteiger partial charge < -0.3 is 19.9 Å². The molecule has 26 heavy (non-hydrogen) atoms. The molecule has 1 amide bonds. The van der Waals surface area contributed by atoms with Crippen LogP contribution in [0.1, 0.15) is 18.4 Å². The van der Waals surface area contributed by atoms with Gasteiger partial charge in [-0.3, -0.25) is 9.69 Å². The normalized spacial score (nSPS) is 12.3. The van der Waals surface area contributed by atoms with Crippen LogP contribution < -0.4 is 19.9 Å². The highest BCUT2D eigenvalue weighted by molar-refractivity contribution is 5.73. The van der Waals surface area contributed by atoms with Gasteiger partial charge in [-0.05, 0) is 24.1 Å². The highest BCUT2D eigenvalue weighted by Gasteiger charge is 2.14. The maximum Gasteiger partial charge on any atom is 0.231 e. The summed E-state index contributed by atoms with van der Waals surface area (Å²) in [5.41, 5.74) is 6.51. The molecule has 6 nitrogen and oxygen atoms in total. The van der Waals surface area contributed by atoms with E-state index < -0.39 is 0 Å². The summed E-state index contributed by atoms with van der Waals surface area (Å²) in [6, 6.07) is 15.8. The third kappa shape index (κ3) is 5.39. The van der Waals surface area contributed by atoms with E-state index in [9.17, 15) is 4.79 Å². The number of primary amides is 1. The summed E-state index contributed by atoms with van der Waals surface area (Å²) >= 11 is 0. The van der Waals surface area contributed by atoms with Crippen molar-refractivity contribution in [3.8, 4) is 17.2 Å². The van der Waals surface area contributed by atoms with Gasteiger partial charge in [0.25, 0.3) is 0 Å². The van der Waals surface area contributed by atoms with Crippen LogP contribution in [0.15, 0.2) is 48.5 Å². The number of amides is 1. The number of nitrogens with zero attached hydrogens (tertiary/aromatic N) is 1. The van der Waals surface area contributed by atoms with E-state index in [2.05, 4.69) is 17.0 Å². The van der Waals surface area contributed by atoms with E-state index >= 15 is 0 Å². The van der Waals surface area contributed by atoms with Gasteiger partial charge in [0.2, 0.25) is 12.7 Å². The van der Waals surface area contributed by atoms with Crippen LogP contribution in [-0.4, -0.2) is 37.3 Å². The first kappa shape index (κ1) is 18.1. The number of rotatable bonds is 10. The van der Waals surface area contributed by atoms with Gasteiger partial charge >= 0.3 is 0 Å². The fourth-order valence-corrected chi connectivity index (χ4v) is 2.82. The molecule has 1 heterocycles. The van der Waals surface area contributed by atoms with E-state index in [1.54, 1.807) is 0 Å². The van der Waals surface area contributed by atoms with Crippen LogP contribution in [0, 0.1) is 0 Å². The number of hydrogen-bond donors (Lipinski definition) is 1. The molecular formula is C20H24N2O4. The Labute approximate surface area is 153 Å². The van der Waals surface area contributed by atoms with Crippen molar-refractivity contribution in [2.45, 2.75) is 19.4 Å². The lowest BCUT2D eigenvalue weighted by molar-refractivity contribution is -0.118. The molecule has 0 bridgehead atoms. The van der Waals surface area contributed by atoms with Gasteiger partial charge in [0.05, 0.1) is 6.61 Å². The van der Waals surface area contributed by atoms with Crippen molar-refractivity contribution in [3.63, 3.8) is 0 Å². The predicted molar refractivity (Wildman–Crippen MR) is 98.2 cm³/mol. The smallest absolute Gasteiger partial charge is 0.231 e. The molecule has 2 aromatic rings. The van der Waals surface area contributed by atoms with Gasteiger partial charge in [-0.1, -0.05) is 30.3 Å². The molecule has 0 fully saturated rings. The Morgan fingerprint density at radius 1 is 1.08 bits per heavy atom. The molecule has 2 aromatic carbocycles. The lowest BCUT2D eigenvalue weighted by Gasteiger charge is -2.22. The Balaban J connectivity index is 1.46. The third-order valence-electron chi connectivity index (χ3n) is 4.15. The number of hydrogen-bond acceptors (Lipinski definition) is 5. The summed E-state index contributed by atoms with van der Waals surface area (Å²) in [5.74, 6) is 1.95.